The van der Waals surface area contributed by atoms with Crippen LogP contribution in [0.4, 0.5) is 0 Å². The second kappa shape index (κ2) is 43.4. The van der Waals surface area contributed by atoms with Crippen LogP contribution in [0.1, 0.15) is 194 Å². The number of rotatable bonds is 48. The number of nitrogens with one attached hydrogen (secondary N) is 7. The summed E-state index contributed by atoms with van der Waals surface area (Å²) < 4.78 is 9.30. The maximum atomic E-state index is 12.9. The van der Waals surface area contributed by atoms with Gasteiger partial charge in [-0.25, -0.2) is 28.8 Å². The molecule has 0 aliphatic carbocycles. The van der Waals surface area contributed by atoms with Gasteiger partial charge in [-0.2, -0.15) is 0 Å². The standard InChI is InChI=1S/C53H87N7O21/c1-5-6-7-8-9-10-11-12-13-14-15-16-17-18-19-20-40(61)55-34(48(70)71)21-27-42(63)56-36(50(74)75)24-30-46(67)60-39(53(79)81-4)26-32-44(65)58-35(49(72)73)22-28-43(64)57-37(51(76)77)23-29-45(66)59-38(52(78)80-3)25-31-41(62)54-33(2)47(68)69/h33-39H,5-32H2,1-4H3,(H,54,62)(H,55,61)(H,56,63)(H,57,64)(H,58,65)(H,59,66)(H,60,67)(H,68,69)(H,70,71)(H,72,73)(H,74,75)(H,76,77). The molecule has 0 fully saturated rings. The highest BCUT2D eigenvalue weighted by Crippen LogP contribution is 2.15. The smallest absolute Gasteiger partial charge is 0.328 e. The largest absolute Gasteiger partial charge is 0.480 e. The Kier molecular flexibility index (Phi) is 39.4. The molecule has 0 rings (SSSR count). The lowest BCUT2D eigenvalue weighted by molar-refractivity contribution is -0.146. The molecule has 0 saturated carbocycles. The summed E-state index contributed by atoms with van der Waals surface area (Å²) >= 11 is 0. The molecular formula is C53H87N7O21. The van der Waals surface area contributed by atoms with Gasteiger partial charge in [-0.15, -0.1) is 0 Å². The highest BCUT2D eigenvalue weighted by Gasteiger charge is 2.30. The zero-order valence-electron chi connectivity index (χ0n) is 47.1. The third-order valence-electron chi connectivity index (χ3n) is 12.9. The fourth-order valence-electron chi connectivity index (χ4n) is 8.10. The molecule has 28 nitrogen and oxygen atoms in total. The Labute approximate surface area is 471 Å². The number of amides is 7. The number of hydrogen-bond acceptors (Lipinski definition) is 16. The number of aliphatic carboxylic acids is 5. The van der Waals surface area contributed by atoms with E-state index >= 15 is 0 Å². The molecule has 0 bridgehead atoms. The molecule has 0 aromatic carbocycles. The number of carbonyl (C=O) groups excluding carboxylic acids is 9. The van der Waals surface area contributed by atoms with E-state index in [4.69, 9.17) is 5.11 Å². The summed E-state index contributed by atoms with van der Waals surface area (Å²) in [6.45, 7) is 3.42. The zero-order chi connectivity index (χ0) is 61.3. The van der Waals surface area contributed by atoms with E-state index in [1.807, 2.05) is 0 Å². The number of ether oxygens (including phenoxy) is 2. The quantitative estimate of drug-likeness (QED) is 0.0307. The number of carbonyl (C=O) groups is 14. The highest BCUT2D eigenvalue weighted by molar-refractivity contribution is 5.90. The van der Waals surface area contributed by atoms with Crippen molar-refractivity contribution < 1.29 is 102 Å². The predicted octanol–water partition coefficient (Wildman–Crippen LogP) is 2.11. The van der Waals surface area contributed by atoms with Gasteiger partial charge in [0.15, 0.2) is 0 Å². The summed E-state index contributed by atoms with van der Waals surface area (Å²) in [5.41, 5.74) is 0. The highest BCUT2D eigenvalue weighted by atomic mass is 16.5. The van der Waals surface area contributed by atoms with E-state index in [-0.39, 0.29) is 19.3 Å². The summed E-state index contributed by atoms with van der Waals surface area (Å²) in [6, 6.07) is -10.6. The summed E-state index contributed by atoms with van der Waals surface area (Å²) in [6.07, 6.45) is 11.3. The molecule has 0 aliphatic heterocycles. The van der Waals surface area contributed by atoms with E-state index in [9.17, 15) is 87.5 Å². The zero-order valence-corrected chi connectivity index (χ0v) is 47.1. The summed E-state index contributed by atoms with van der Waals surface area (Å²) in [4.78, 5) is 172. The molecule has 28 heteroatoms. The molecule has 7 atom stereocenters. The summed E-state index contributed by atoms with van der Waals surface area (Å²) in [5.74, 6) is -15.3. The third-order valence-corrected chi connectivity index (χ3v) is 12.9. The Morgan fingerprint density at radius 1 is 0.296 bits per heavy atom. The lowest BCUT2D eigenvalue weighted by Gasteiger charge is -2.20. The van der Waals surface area contributed by atoms with Gasteiger partial charge in [0.05, 0.1) is 14.2 Å². The van der Waals surface area contributed by atoms with Crippen molar-refractivity contribution in [3.05, 3.63) is 0 Å². The maximum Gasteiger partial charge on any atom is 0.328 e. The SMILES string of the molecule is CCCCCCCCCCCCCCCCCC(=O)NC(CCC(=O)NC(CCC(=O)NC(CCC(=O)NC(CCC(=O)NC(CCC(=O)NC(CCC(=O)NC(C)C(=O)O)C(=O)OC)C(=O)O)C(=O)O)C(=O)OC)C(=O)O)C(=O)O. The first-order valence-electron chi connectivity index (χ1n) is 27.7. The van der Waals surface area contributed by atoms with Crippen molar-refractivity contribution >= 4 is 83.1 Å². The molecule has 7 amide bonds. The van der Waals surface area contributed by atoms with Crippen molar-refractivity contribution in [3.63, 3.8) is 0 Å². The van der Waals surface area contributed by atoms with E-state index < -0.39 is 190 Å². The fourth-order valence-corrected chi connectivity index (χ4v) is 8.10. The van der Waals surface area contributed by atoms with Crippen molar-refractivity contribution in [2.75, 3.05) is 14.2 Å². The van der Waals surface area contributed by atoms with Crippen molar-refractivity contribution in [1.82, 2.24) is 37.2 Å². The number of esters is 2. The van der Waals surface area contributed by atoms with Crippen molar-refractivity contribution in [1.29, 1.82) is 0 Å². The molecule has 0 aromatic heterocycles. The maximum absolute atomic E-state index is 12.9. The minimum Gasteiger partial charge on any atom is -0.480 e. The first kappa shape index (κ1) is 73.6. The van der Waals surface area contributed by atoms with E-state index in [2.05, 4.69) is 53.6 Å². The second-order valence-electron chi connectivity index (χ2n) is 19.7. The average molecular weight is 1160 g/mol. The first-order valence-corrected chi connectivity index (χ1v) is 27.7. The van der Waals surface area contributed by atoms with Crippen molar-refractivity contribution in [3.8, 4) is 0 Å². The average Bonchev–Trinajstić information content (AvgIpc) is 3.41. The van der Waals surface area contributed by atoms with Crippen LogP contribution in [0.25, 0.3) is 0 Å². The Morgan fingerprint density at radius 3 is 0.741 bits per heavy atom. The number of carboxylic acid groups (broad SMARTS) is 5. The minimum atomic E-state index is -1.72. The van der Waals surface area contributed by atoms with Gasteiger partial charge in [-0.1, -0.05) is 96.8 Å². The lowest BCUT2D eigenvalue weighted by atomic mass is 10.0. The number of carboxylic acids is 5. The minimum absolute atomic E-state index is 0.101. The van der Waals surface area contributed by atoms with Crippen LogP contribution >= 0.6 is 0 Å². The molecule has 0 saturated heterocycles. The van der Waals surface area contributed by atoms with Gasteiger partial charge < -0.3 is 72.2 Å². The van der Waals surface area contributed by atoms with Gasteiger partial charge in [0.1, 0.15) is 42.3 Å². The third kappa shape index (κ3) is 36.5. The van der Waals surface area contributed by atoms with Crippen LogP contribution in [0.2, 0.25) is 0 Å². The Bertz CT molecular complexity index is 2070. The summed E-state index contributed by atoms with van der Waals surface area (Å²) in [7, 11) is 1.97. The van der Waals surface area contributed by atoms with E-state index in [0.29, 0.717) is 6.42 Å². The van der Waals surface area contributed by atoms with Crippen LogP contribution in [-0.2, 0) is 76.6 Å². The number of hydrogen-bond donors (Lipinski definition) is 12. The van der Waals surface area contributed by atoms with Crippen LogP contribution < -0.4 is 37.2 Å². The molecule has 0 heterocycles. The van der Waals surface area contributed by atoms with Gasteiger partial charge in [-0.05, 0) is 51.9 Å². The van der Waals surface area contributed by atoms with Crippen LogP contribution in [0, 0.1) is 0 Å². The Hall–Kier alpha value is -7.42. The Balaban J connectivity index is 5.02. The molecule has 0 spiro atoms. The number of unbranched alkanes of at least 4 members (excludes halogenated alkanes) is 14. The van der Waals surface area contributed by atoms with Gasteiger partial charge in [-0.3, -0.25) is 38.4 Å². The normalized spacial score (nSPS) is 13.4. The molecule has 7 unspecified atom stereocenters. The predicted molar refractivity (Wildman–Crippen MR) is 286 cm³/mol. The van der Waals surface area contributed by atoms with Crippen molar-refractivity contribution in [2.24, 2.45) is 0 Å². The Morgan fingerprint density at radius 2 is 0.506 bits per heavy atom. The van der Waals surface area contributed by atoms with Crippen LogP contribution in [0.3, 0.4) is 0 Å². The fraction of sp³-hybridized carbons (Fsp3) is 0.736. The molecule has 0 aliphatic rings. The van der Waals surface area contributed by atoms with Crippen LogP contribution in [0.5, 0.6) is 0 Å². The lowest BCUT2D eigenvalue weighted by Crippen LogP contribution is -2.46. The molecule has 460 valence electrons. The van der Waals surface area contributed by atoms with Crippen molar-refractivity contribution in [2.45, 2.75) is 236 Å². The summed E-state index contributed by atoms with van der Waals surface area (Å²) in [5, 5.41) is 63.3. The number of methoxy groups -OCH3 is 2. The van der Waals surface area contributed by atoms with E-state index in [0.717, 1.165) is 39.9 Å². The second-order valence-corrected chi connectivity index (χ2v) is 19.7. The monoisotopic (exact) mass is 1160 g/mol. The topological polar surface area (TPSA) is 443 Å². The van der Waals surface area contributed by atoms with Crippen LogP contribution in [-0.4, -0.2) is 165 Å². The van der Waals surface area contributed by atoms with E-state index in [1.54, 1.807) is 0 Å². The molecule has 0 aromatic rings. The first-order chi connectivity index (χ1) is 38.3. The molecule has 12 N–H and O–H groups in total. The van der Waals surface area contributed by atoms with Gasteiger partial charge in [0.25, 0.3) is 0 Å². The van der Waals surface area contributed by atoms with Gasteiger partial charge in [0, 0.05) is 44.9 Å². The molecular weight excluding hydrogens is 1070 g/mol. The van der Waals surface area contributed by atoms with Gasteiger partial charge >= 0.3 is 41.8 Å². The molecule has 0 radical (unpaired) electrons. The van der Waals surface area contributed by atoms with Crippen LogP contribution in [0.15, 0.2) is 0 Å². The molecule has 81 heavy (non-hydrogen) atoms. The van der Waals surface area contributed by atoms with Gasteiger partial charge in [0.2, 0.25) is 41.4 Å². The van der Waals surface area contributed by atoms with E-state index in [1.165, 1.54) is 71.1 Å².